The first-order valence-corrected chi connectivity index (χ1v) is 12.2. The lowest BCUT2D eigenvalue weighted by molar-refractivity contribution is 0.179. The van der Waals surface area contributed by atoms with Gasteiger partial charge >= 0.3 is 0 Å². The van der Waals surface area contributed by atoms with Gasteiger partial charge < -0.3 is 19.6 Å². The molecule has 3 aromatic carbocycles. The van der Waals surface area contributed by atoms with Crippen LogP contribution in [0.25, 0.3) is 0 Å². The summed E-state index contributed by atoms with van der Waals surface area (Å²) in [6.07, 6.45) is 0.379. The predicted molar refractivity (Wildman–Crippen MR) is 136 cm³/mol. The van der Waals surface area contributed by atoms with Crippen LogP contribution in [0.1, 0.15) is 26.3 Å². The van der Waals surface area contributed by atoms with E-state index in [9.17, 15) is 0 Å². The molecule has 2 saturated carbocycles. The molecule has 3 unspecified atom stereocenters. The molecule has 5 aliphatic rings. The van der Waals surface area contributed by atoms with Crippen LogP contribution in [0.2, 0.25) is 0 Å². The smallest absolute Gasteiger partial charge is 0.113 e. The summed E-state index contributed by atoms with van der Waals surface area (Å²) in [6, 6.07) is 24.8. The Morgan fingerprint density at radius 2 is 1.30 bits per heavy atom. The summed E-state index contributed by atoms with van der Waals surface area (Å²) in [4.78, 5) is 10.1. The second-order valence-corrected chi connectivity index (χ2v) is 11.5. The van der Waals surface area contributed by atoms with E-state index < -0.39 is 0 Å². The average Bonchev–Trinajstić information content (AvgIpc) is 3.47. The third-order valence-electron chi connectivity index (χ3n) is 10.0. The van der Waals surface area contributed by atoms with Crippen LogP contribution in [0.3, 0.4) is 0 Å². The number of para-hydroxylation sites is 4. The summed E-state index contributed by atoms with van der Waals surface area (Å²) in [5.41, 5.74) is 10.5. The molecule has 0 bridgehead atoms. The first-order chi connectivity index (χ1) is 15.9. The van der Waals surface area contributed by atoms with E-state index in [4.69, 9.17) is 0 Å². The van der Waals surface area contributed by atoms with Crippen molar-refractivity contribution in [2.45, 2.75) is 32.4 Å². The summed E-state index contributed by atoms with van der Waals surface area (Å²) >= 11 is 0. The van der Waals surface area contributed by atoms with Crippen LogP contribution in [0.4, 0.5) is 34.1 Å². The van der Waals surface area contributed by atoms with Crippen molar-refractivity contribution in [2.75, 3.05) is 40.4 Å². The standard InChI is InChI=1S/C29H30N4/c1-27(2)25-28(3)26-31(5)19-12-7-9-14-21(19)33(26)23-16-10-15-22(24(23)29(25,27)28)32-17-30(4)18-11-6-8-13-20(18)32/h6-16,25-26H,17H2,1-5H3/t25?,26?,28-,29?/m0/s1. The first kappa shape index (κ1) is 18.3. The molecule has 3 heterocycles. The van der Waals surface area contributed by atoms with Crippen molar-refractivity contribution < 1.29 is 0 Å². The normalized spacial score (nSPS) is 33.1. The summed E-state index contributed by atoms with van der Waals surface area (Å²) < 4.78 is 0. The van der Waals surface area contributed by atoms with Crippen LogP contribution in [-0.4, -0.2) is 26.9 Å². The highest BCUT2D eigenvalue weighted by atomic mass is 15.5. The fourth-order valence-electron chi connectivity index (χ4n) is 9.14. The molecule has 4 atom stereocenters. The maximum Gasteiger partial charge on any atom is 0.113 e. The summed E-state index contributed by atoms with van der Waals surface area (Å²) in [5, 5.41) is 0. The molecule has 33 heavy (non-hydrogen) atoms. The van der Waals surface area contributed by atoms with Gasteiger partial charge in [-0.1, -0.05) is 51.1 Å². The molecule has 166 valence electrons. The van der Waals surface area contributed by atoms with Gasteiger partial charge in [-0.2, -0.15) is 0 Å². The van der Waals surface area contributed by atoms with E-state index in [0.717, 1.165) is 6.67 Å². The molecule has 0 N–H and O–H groups in total. The third-order valence-corrected chi connectivity index (χ3v) is 10.0. The molecule has 4 nitrogen and oxygen atoms in total. The maximum atomic E-state index is 2.66. The van der Waals surface area contributed by atoms with Gasteiger partial charge in [0.15, 0.2) is 0 Å². The molecule has 4 heteroatoms. The number of benzene rings is 3. The molecule has 3 aliphatic heterocycles. The molecule has 0 amide bonds. The Morgan fingerprint density at radius 3 is 2.03 bits per heavy atom. The van der Waals surface area contributed by atoms with E-state index in [0.29, 0.717) is 17.5 Å². The van der Waals surface area contributed by atoms with Crippen molar-refractivity contribution in [2.24, 2.45) is 16.7 Å². The lowest BCUT2D eigenvalue weighted by Crippen LogP contribution is -2.55. The Hall–Kier alpha value is -3.14. The van der Waals surface area contributed by atoms with Crippen molar-refractivity contribution in [1.29, 1.82) is 0 Å². The van der Waals surface area contributed by atoms with E-state index in [1.165, 1.54) is 34.1 Å². The van der Waals surface area contributed by atoms with Gasteiger partial charge in [-0.05, 0) is 47.7 Å². The van der Waals surface area contributed by atoms with Gasteiger partial charge in [0.1, 0.15) is 6.17 Å². The molecule has 2 aliphatic carbocycles. The van der Waals surface area contributed by atoms with Crippen LogP contribution in [0, 0.1) is 16.7 Å². The lowest BCUT2D eigenvalue weighted by atomic mass is 9.67. The number of fused-ring (bicyclic) bond motifs is 8. The van der Waals surface area contributed by atoms with E-state index in [2.05, 4.69) is 121 Å². The lowest BCUT2D eigenvalue weighted by Gasteiger charge is -2.50. The maximum absolute atomic E-state index is 2.66. The Kier molecular flexibility index (Phi) is 2.86. The Morgan fingerprint density at radius 1 is 0.697 bits per heavy atom. The first-order valence-electron chi connectivity index (χ1n) is 12.2. The second-order valence-electron chi connectivity index (χ2n) is 11.5. The number of anilines is 6. The molecule has 3 aromatic rings. The predicted octanol–water partition coefficient (Wildman–Crippen LogP) is 6.07. The summed E-state index contributed by atoms with van der Waals surface area (Å²) in [5.74, 6) is 0.708. The zero-order valence-corrected chi connectivity index (χ0v) is 20.0. The number of rotatable bonds is 1. The summed E-state index contributed by atoms with van der Waals surface area (Å²) in [6.45, 7) is 8.46. The zero-order chi connectivity index (χ0) is 22.5. The summed E-state index contributed by atoms with van der Waals surface area (Å²) in [7, 11) is 4.51. The van der Waals surface area contributed by atoms with Gasteiger partial charge in [-0.3, -0.25) is 0 Å². The van der Waals surface area contributed by atoms with Crippen molar-refractivity contribution >= 4 is 34.1 Å². The molecular formula is C29H30N4. The minimum Gasteiger partial charge on any atom is -0.355 e. The number of hydrogen-bond donors (Lipinski definition) is 0. The van der Waals surface area contributed by atoms with Gasteiger partial charge in [0, 0.05) is 41.9 Å². The van der Waals surface area contributed by atoms with Crippen molar-refractivity contribution in [3.8, 4) is 0 Å². The zero-order valence-electron chi connectivity index (χ0n) is 20.0. The molecule has 1 spiro atoms. The van der Waals surface area contributed by atoms with Crippen LogP contribution in [0.15, 0.2) is 66.7 Å². The SMILES string of the molecule is CN1CN(c2cccc3c2C24C(C2(C)C)[C@@]4(C)C2N(C)c4ccccc4N32)c2ccccc21. The molecule has 0 saturated heterocycles. The van der Waals surface area contributed by atoms with Gasteiger partial charge in [-0.25, -0.2) is 0 Å². The minimum atomic E-state index is 0.236. The number of hydrogen-bond acceptors (Lipinski definition) is 4. The van der Waals surface area contributed by atoms with Gasteiger partial charge in [0.25, 0.3) is 0 Å². The highest BCUT2D eigenvalue weighted by Gasteiger charge is 3.01. The van der Waals surface area contributed by atoms with Gasteiger partial charge in [0.05, 0.1) is 29.4 Å². The Balaban J connectivity index is 1.41. The molecule has 8 rings (SSSR count). The van der Waals surface area contributed by atoms with Gasteiger partial charge in [0.2, 0.25) is 0 Å². The van der Waals surface area contributed by atoms with Crippen LogP contribution in [0.5, 0.6) is 0 Å². The quantitative estimate of drug-likeness (QED) is 0.461. The molecule has 0 aromatic heterocycles. The molecular weight excluding hydrogens is 404 g/mol. The van der Waals surface area contributed by atoms with E-state index >= 15 is 0 Å². The monoisotopic (exact) mass is 434 g/mol. The van der Waals surface area contributed by atoms with Crippen molar-refractivity contribution in [3.63, 3.8) is 0 Å². The highest BCUT2D eigenvalue weighted by molar-refractivity contribution is 5.95. The topological polar surface area (TPSA) is 13.0 Å². The average molecular weight is 435 g/mol. The third kappa shape index (κ3) is 1.63. The van der Waals surface area contributed by atoms with Crippen LogP contribution < -0.4 is 19.6 Å². The number of nitrogens with zero attached hydrogens (tertiary/aromatic N) is 4. The fourth-order valence-corrected chi connectivity index (χ4v) is 9.14. The largest absolute Gasteiger partial charge is 0.355 e. The van der Waals surface area contributed by atoms with Crippen molar-refractivity contribution in [1.82, 2.24) is 0 Å². The second kappa shape index (κ2) is 5.16. The van der Waals surface area contributed by atoms with E-state index in [-0.39, 0.29) is 10.8 Å². The van der Waals surface area contributed by atoms with Crippen LogP contribution in [-0.2, 0) is 5.41 Å². The van der Waals surface area contributed by atoms with Crippen LogP contribution >= 0.6 is 0 Å². The fraction of sp³-hybridized carbons (Fsp3) is 0.379. The van der Waals surface area contributed by atoms with E-state index in [1.807, 2.05) is 0 Å². The molecule has 0 radical (unpaired) electrons. The minimum absolute atomic E-state index is 0.236. The van der Waals surface area contributed by atoms with Gasteiger partial charge in [-0.15, -0.1) is 0 Å². The molecule has 2 fully saturated rings. The van der Waals surface area contributed by atoms with Crippen molar-refractivity contribution in [3.05, 3.63) is 72.3 Å². The Bertz CT molecular complexity index is 1360. The Labute approximate surface area is 196 Å². The highest BCUT2D eigenvalue weighted by Crippen LogP contribution is 3.00. The van der Waals surface area contributed by atoms with E-state index in [1.54, 1.807) is 5.56 Å².